The molecule has 150 valence electrons. The van der Waals surface area contributed by atoms with Gasteiger partial charge in [-0.05, 0) is 30.4 Å². The van der Waals surface area contributed by atoms with Crippen LogP contribution in [0.4, 0.5) is 0 Å². The van der Waals surface area contributed by atoms with Crippen LogP contribution in [0.1, 0.15) is 57.1 Å². The summed E-state index contributed by atoms with van der Waals surface area (Å²) in [4.78, 5) is 12.4. The molecule has 1 aliphatic heterocycles. The van der Waals surface area contributed by atoms with Crippen LogP contribution in [0.5, 0.6) is 0 Å². The van der Waals surface area contributed by atoms with Gasteiger partial charge in [-0.25, -0.2) is 0 Å². The second-order valence-electron chi connectivity index (χ2n) is 7.32. The summed E-state index contributed by atoms with van der Waals surface area (Å²) in [7, 11) is 0. The van der Waals surface area contributed by atoms with Crippen molar-refractivity contribution in [1.29, 1.82) is 0 Å². The molecule has 1 heterocycles. The molecule has 0 spiro atoms. The first-order chi connectivity index (χ1) is 13.6. The van der Waals surface area contributed by atoms with Crippen molar-refractivity contribution >= 4 is 5.97 Å². The molecule has 0 radical (unpaired) electrons. The SMILES string of the molecule is CCCOC(=O)CC1(OCCC)CCC(c2ccccc2)(c2ccccc2)O1. The van der Waals surface area contributed by atoms with Gasteiger partial charge >= 0.3 is 5.97 Å². The monoisotopic (exact) mass is 382 g/mol. The van der Waals surface area contributed by atoms with Crippen LogP contribution in [0, 0.1) is 0 Å². The zero-order chi connectivity index (χ0) is 19.9. The minimum Gasteiger partial charge on any atom is -0.466 e. The number of carbonyl (C=O) groups is 1. The smallest absolute Gasteiger partial charge is 0.311 e. The van der Waals surface area contributed by atoms with Crippen molar-refractivity contribution in [3.8, 4) is 0 Å². The van der Waals surface area contributed by atoms with E-state index in [2.05, 4.69) is 31.2 Å². The summed E-state index contributed by atoms with van der Waals surface area (Å²) in [6.07, 6.45) is 3.14. The highest BCUT2D eigenvalue weighted by Crippen LogP contribution is 2.50. The molecular weight excluding hydrogens is 352 g/mol. The second-order valence-corrected chi connectivity index (χ2v) is 7.32. The summed E-state index contributed by atoms with van der Waals surface area (Å²) in [5.74, 6) is -1.23. The van der Waals surface area contributed by atoms with Gasteiger partial charge in [0.2, 0.25) is 0 Å². The van der Waals surface area contributed by atoms with Gasteiger partial charge in [-0.1, -0.05) is 74.5 Å². The fourth-order valence-electron chi connectivity index (χ4n) is 3.83. The molecule has 1 atom stereocenters. The normalized spacial score (nSPS) is 20.8. The van der Waals surface area contributed by atoms with Gasteiger partial charge in [0.05, 0.1) is 13.0 Å². The molecule has 0 amide bonds. The predicted molar refractivity (Wildman–Crippen MR) is 109 cm³/mol. The first kappa shape index (κ1) is 20.6. The largest absolute Gasteiger partial charge is 0.466 e. The Morgan fingerprint density at radius 2 is 1.46 bits per heavy atom. The van der Waals surface area contributed by atoms with Crippen molar-refractivity contribution in [1.82, 2.24) is 0 Å². The lowest BCUT2D eigenvalue weighted by molar-refractivity contribution is -0.251. The Morgan fingerprint density at radius 3 is 2.00 bits per heavy atom. The Hall–Kier alpha value is -2.17. The maximum atomic E-state index is 12.4. The molecule has 2 aromatic carbocycles. The summed E-state index contributed by atoms with van der Waals surface area (Å²) in [5, 5.41) is 0. The molecule has 3 rings (SSSR count). The fourth-order valence-corrected chi connectivity index (χ4v) is 3.83. The second kappa shape index (κ2) is 9.35. The third-order valence-corrected chi connectivity index (χ3v) is 5.15. The first-order valence-corrected chi connectivity index (χ1v) is 10.2. The average molecular weight is 382 g/mol. The van der Waals surface area contributed by atoms with E-state index in [-0.39, 0.29) is 12.4 Å². The average Bonchev–Trinajstić information content (AvgIpc) is 3.13. The molecule has 0 bridgehead atoms. The van der Waals surface area contributed by atoms with Gasteiger partial charge in [-0.15, -0.1) is 0 Å². The Balaban J connectivity index is 1.95. The molecule has 0 aromatic heterocycles. The number of benzene rings is 2. The summed E-state index contributed by atoms with van der Waals surface area (Å²) >= 11 is 0. The number of carbonyl (C=O) groups excluding carboxylic acids is 1. The first-order valence-electron chi connectivity index (χ1n) is 10.2. The zero-order valence-corrected chi connectivity index (χ0v) is 16.9. The number of hydrogen-bond acceptors (Lipinski definition) is 4. The van der Waals surface area contributed by atoms with E-state index in [4.69, 9.17) is 14.2 Å². The number of rotatable bonds is 9. The van der Waals surface area contributed by atoms with E-state index in [0.29, 0.717) is 19.6 Å². The van der Waals surface area contributed by atoms with Crippen LogP contribution in [0.15, 0.2) is 60.7 Å². The zero-order valence-electron chi connectivity index (χ0n) is 16.9. The van der Waals surface area contributed by atoms with Gasteiger partial charge in [0.15, 0.2) is 5.79 Å². The van der Waals surface area contributed by atoms with E-state index in [1.54, 1.807) is 0 Å². The summed E-state index contributed by atoms with van der Waals surface area (Å²) < 4.78 is 18.2. The van der Waals surface area contributed by atoms with E-state index in [9.17, 15) is 4.79 Å². The van der Waals surface area contributed by atoms with Gasteiger partial charge in [0.25, 0.3) is 0 Å². The standard InChI is InChI=1S/C24H30O4/c1-3-17-26-22(25)19-23(27-18-4-2)15-16-24(28-23,20-11-7-5-8-12-20)21-13-9-6-10-14-21/h5-14H,3-4,15-19H2,1-2H3. The summed E-state index contributed by atoms with van der Waals surface area (Å²) in [6, 6.07) is 20.4. The van der Waals surface area contributed by atoms with Crippen molar-refractivity contribution < 1.29 is 19.0 Å². The predicted octanol–water partition coefficient (Wildman–Crippen LogP) is 5.21. The Labute approximate surface area is 167 Å². The van der Waals surface area contributed by atoms with E-state index in [1.165, 1.54) is 0 Å². The number of hydrogen-bond donors (Lipinski definition) is 0. The van der Waals surface area contributed by atoms with Crippen LogP contribution >= 0.6 is 0 Å². The van der Waals surface area contributed by atoms with Gasteiger partial charge < -0.3 is 14.2 Å². The maximum Gasteiger partial charge on any atom is 0.311 e. The van der Waals surface area contributed by atoms with Crippen LogP contribution in [-0.2, 0) is 24.6 Å². The van der Waals surface area contributed by atoms with Crippen LogP contribution in [0.25, 0.3) is 0 Å². The van der Waals surface area contributed by atoms with Crippen LogP contribution in [0.3, 0.4) is 0 Å². The van der Waals surface area contributed by atoms with Crippen LogP contribution in [0.2, 0.25) is 0 Å². The van der Waals surface area contributed by atoms with Crippen molar-refractivity contribution in [2.24, 2.45) is 0 Å². The highest BCUT2D eigenvalue weighted by atomic mass is 16.7. The molecule has 1 fully saturated rings. The molecule has 2 aromatic rings. The quantitative estimate of drug-likeness (QED) is 0.559. The lowest BCUT2D eigenvalue weighted by Crippen LogP contribution is -2.39. The Morgan fingerprint density at radius 1 is 0.893 bits per heavy atom. The van der Waals surface area contributed by atoms with Gasteiger partial charge in [0, 0.05) is 13.0 Å². The van der Waals surface area contributed by atoms with Crippen molar-refractivity contribution in [2.75, 3.05) is 13.2 Å². The van der Waals surface area contributed by atoms with E-state index >= 15 is 0 Å². The van der Waals surface area contributed by atoms with Gasteiger partial charge in [-0.3, -0.25) is 4.79 Å². The minimum absolute atomic E-state index is 0.106. The van der Waals surface area contributed by atoms with Crippen molar-refractivity contribution in [2.45, 2.75) is 57.3 Å². The van der Waals surface area contributed by atoms with Crippen LogP contribution in [-0.4, -0.2) is 25.0 Å². The third-order valence-electron chi connectivity index (χ3n) is 5.15. The summed E-state index contributed by atoms with van der Waals surface area (Å²) in [6.45, 7) is 5.00. The molecule has 28 heavy (non-hydrogen) atoms. The van der Waals surface area contributed by atoms with Crippen LogP contribution < -0.4 is 0 Å². The van der Waals surface area contributed by atoms with Gasteiger partial charge in [-0.2, -0.15) is 0 Å². The van der Waals surface area contributed by atoms with E-state index in [0.717, 1.165) is 30.4 Å². The number of esters is 1. The Kier molecular flexibility index (Phi) is 6.87. The molecule has 0 saturated carbocycles. The minimum atomic E-state index is -0.966. The fraction of sp³-hybridized carbons (Fsp3) is 0.458. The third kappa shape index (κ3) is 4.45. The lowest BCUT2D eigenvalue weighted by Gasteiger charge is -2.35. The van der Waals surface area contributed by atoms with Crippen molar-refractivity contribution in [3.05, 3.63) is 71.8 Å². The molecule has 4 heteroatoms. The highest BCUT2D eigenvalue weighted by Gasteiger charge is 2.53. The summed E-state index contributed by atoms with van der Waals surface area (Å²) in [5.41, 5.74) is 1.51. The molecule has 0 N–H and O–H groups in total. The highest BCUT2D eigenvalue weighted by molar-refractivity contribution is 5.70. The molecule has 1 unspecified atom stereocenters. The van der Waals surface area contributed by atoms with E-state index < -0.39 is 11.4 Å². The Bertz CT molecular complexity index is 704. The maximum absolute atomic E-state index is 12.4. The molecule has 1 saturated heterocycles. The molecule has 1 aliphatic rings. The topological polar surface area (TPSA) is 44.8 Å². The lowest BCUT2D eigenvalue weighted by atomic mass is 9.84. The van der Waals surface area contributed by atoms with Gasteiger partial charge in [0.1, 0.15) is 5.60 Å². The number of ether oxygens (including phenoxy) is 3. The molecule has 4 nitrogen and oxygen atoms in total. The van der Waals surface area contributed by atoms with Crippen molar-refractivity contribution in [3.63, 3.8) is 0 Å². The molecule has 0 aliphatic carbocycles. The van der Waals surface area contributed by atoms with E-state index in [1.807, 2.05) is 43.3 Å². The molecular formula is C24H30O4.